The summed E-state index contributed by atoms with van der Waals surface area (Å²) in [5.74, 6) is -2.21. The van der Waals surface area contributed by atoms with Gasteiger partial charge in [-0.25, -0.2) is 13.2 Å². The third-order valence-electron chi connectivity index (χ3n) is 8.99. The zero-order valence-corrected chi connectivity index (χ0v) is 31.1. The Labute approximate surface area is 296 Å². The molecule has 0 bridgehead atoms. The molecular formula is C33H46N8O7S2. The molecule has 4 amide bonds. The standard InChI is InChI=1S/C33H46N8O7S2/c1-9-20-17-33(20,29(44)38-50(46,47)23-14-15-23)35-27(42)24-16-21(41-37-26(36-39-41)19-10-12-22(49-8)13-11-19)18-40(24)28(43)25(31(2,3)4)34-30(45)48-32(5,6)7/h9-13,20-21,23-25H,1,14-18H2,2-8H3,(H,34,45)(H,35,42)(H,38,44)/t20-,21-,24+,25-,33-/m1/s1. The number of amides is 4. The van der Waals surface area contributed by atoms with Crippen LogP contribution >= 0.6 is 11.8 Å². The number of hydrogen-bond donors (Lipinski definition) is 3. The molecule has 1 aromatic heterocycles. The summed E-state index contributed by atoms with van der Waals surface area (Å²) in [7, 11) is -3.89. The molecule has 2 saturated carbocycles. The number of nitrogens with zero attached hydrogens (tertiary/aromatic N) is 5. The Morgan fingerprint density at radius 3 is 2.30 bits per heavy atom. The van der Waals surface area contributed by atoms with Gasteiger partial charge in [0.25, 0.3) is 5.91 Å². The van der Waals surface area contributed by atoms with Gasteiger partial charge in [0.15, 0.2) is 0 Å². The highest BCUT2D eigenvalue weighted by Gasteiger charge is 2.62. The van der Waals surface area contributed by atoms with Crippen molar-refractivity contribution in [2.75, 3.05) is 12.8 Å². The molecule has 2 heterocycles. The molecule has 1 aliphatic heterocycles. The fraction of sp³-hybridized carbons (Fsp3) is 0.606. The number of hydrogen-bond acceptors (Lipinski definition) is 11. The normalized spacial score (nSPS) is 24.2. The zero-order valence-electron chi connectivity index (χ0n) is 29.4. The molecule has 0 radical (unpaired) electrons. The van der Waals surface area contributed by atoms with Crippen LogP contribution in [0.15, 0.2) is 41.8 Å². The molecule has 2 aliphatic carbocycles. The first-order valence-corrected chi connectivity index (χ1v) is 19.3. The summed E-state index contributed by atoms with van der Waals surface area (Å²) in [5, 5.41) is 17.9. The number of rotatable bonds is 11. The van der Waals surface area contributed by atoms with E-state index in [1.165, 1.54) is 15.8 Å². The van der Waals surface area contributed by atoms with Crippen LogP contribution in [-0.4, -0.2) is 98.6 Å². The summed E-state index contributed by atoms with van der Waals surface area (Å²) in [6.07, 6.45) is 3.79. The first-order valence-electron chi connectivity index (χ1n) is 16.5. The molecule has 17 heteroatoms. The number of alkyl carbamates (subject to hydrolysis) is 1. The van der Waals surface area contributed by atoms with Gasteiger partial charge in [-0.2, -0.15) is 4.80 Å². The number of nitrogens with one attached hydrogen (secondary N) is 3. The highest BCUT2D eigenvalue weighted by Crippen LogP contribution is 2.45. The van der Waals surface area contributed by atoms with E-state index < -0.39 is 79.7 Å². The number of benzene rings is 1. The second-order valence-electron chi connectivity index (χ2n) is 15.2. The van der Waals surface area contributed by atoms with Crippen molar-refractivity contribution in [1.82, 2.24) is 40.5 Å². The predicted octanol–water partition coefficient (Wildman–Crippen LogP) is 2.81. The van der Waals surface area contributed by atoms with Crippen LogP contribution in [0, 0.1) is 11.3 Å². The number of carbonyl (C=O) groups is 4. The lowest BCUT2D eigenvalue weighted by Crippen LogP contribution is -2.60. The lowest BCUT2D eigenvalue weighted by Gasteiger charge is -2.36. The van der Waals surface area contributed by atoms with E-state index in [9.17, 15) is 27.6 Å². The average molecular weight is 731 g/mol. The van der Waals surface area contributed by atoms with Crippen LogP contribution in [0.2, 0.25) is 0 Å². The van der Waals surface area contributed by atoms with Crippen molar-refractivity contribution in [3.8, 4) is 11.4 Å². The van der Waals surface area contributed by atoms with E-state index in [1.54, 1.807) is 53.3 Å². The summed E-state index contributed by atoms with van der Waals surface area (Å²) < 4.78 is 32.9. The van der Waals surface area contributed by atoms with E-state index >= 15 is 0 Å². The van der Waals surface area contributed by atoms with Crippen LogP contribution < -0.4 is 15.4 Å². The number of tetrazole rings is 1. The van der Waals surface area contributed by atoms with Crippen LogP contribution in [0.4, 0.5) is 4.79 Å². The lowest BCUT2D eigenvalue weighted by atomic mass is 9.85. The van der Waals surface area contributed by atoms with Gasteiger partial charge in [-0.05, 0) is 81.2 Å². The Hall–Kier alpha value is -3.99. The molecule has 3 aliphatic rings. The maximum absolute atomic E-state index is 14.4. The summed E-state index contributed by atoms with van der Waals surface area (Å²) in [5.41, 5.74) is -2.44. The van der Waals surface area contributed by atoms with E-state index in [0.717, 1.165) is 10.5 Å². The fourth-order valence-corrected chi connectivity index (χ4v) is 7.74. The van der Waals surface area contributed by atoms with Crippen LogP contribution in [-0.2, 0) is 29.1 Å². The Bertz CT molecular complexity index is 1760. The van der Waals surface area contributed by atoms with E-state index in [2.05, 4.69) is 37.3 Å². The quantitative estimate of drug-likeness (QED) is 0.227. The summed E-state index contributed by atoms with van der Waals surface area (Å²) in [6.45, 7) is 14.2. The molecule has 15 nitrogen and oxygen atoms in total. The third kappa shape index (κ3) is 8.14. The molecule has 0 unspecified atom stereocenters. The van der Waals surface area contributed by atoms with E-state index in [0.29, 0.717) is 18.7 Å². The fourth-order valence-electron chi connectivity index (χ4n) is 5.97. The summed E-state index contributed by atoms with van der Waals surface area (Å²) in [6, 6.07) is 4.80. The topological polar surface area (TPSA) is 195 Å². The van der Waals surface area contributed by atoms with Crippen LogP contribution in [0.25, 0.3) is 11.4 Å². The first-order chi connectivity index (χ1) is 23.3. The molecule has 1 aromatic carbocycles. The Morgan fingerprint density at radius 1 is 1.10 bits per heavy atom. The largest absolute Gasteiger partial charge is 0.444 e. The van der Waals surface area contributed by atoms with Gasteiger partial charge in [-0.1, -0.05) is 26.8 Å². The van der Waals surface area contributed by atoms with Gasteiger partial charge in [0.1, 0.15) is 23.2 Å². The van der Waals surface area contributed by atoms with Gasteiger partial charge in [0, 0.05) is 29.3 Å². The van der Waals surface area contributed by atoms with Crippen LogP contribution in [0.3, 0.4) is 0 Å². The molecule has 272 valence electrons. The van der Waals surface area contributed by atoms with Gasteiger partial charge in [-0.3, -0.25) is 19.1 Å². The van der Waals surface area contributed by atoms with Crippen LogP contribution in [0.5, 0.6) is 0 Å². The Kier molecular flexibility index (Phi) is 10.2. The number of carbonyl (C=O) groups excluding carboxylic acids is 4. The van der Waals surface area contributed by atoms with Crippen molar-refractivity contribution in [2.45, 2.75) is 107 Å². The molecular weight excluding hydrogens is 685 g/mol. The van der Waals surface area contributed by atoms with E-state index in [4.69, 9.17) is 4.74 Å². The van der Waals surface area contributed by atoms with Crippen molar-refractivity contribution < 1.29 is 32.3 Å². The number of ether oxygens (including phenoxy) is 1. The van der Waals surface area contributed by atoms with Gasteiger partial charge >= 0.3 is 6.09 Å². The molecule has 3 fully saturated rings. The van der Waals surface area contributed by atoms with Gasteiger partial charge < -0.3 is 20.3 Å². The smallest absolute Gasteiger partial charge is 0.408 e. The lowest BCUT2D eigenvalue weighted by molar-refractivity contribution is -0.143. The summed E-state index contributed by atoms with van der Waals surface area (Å²) in [4.78, 5) is 58.7. The zero-order chi connectivity index (χ0) is 36.8. The molecule has 1 saturated heterocycles. The minimum Gasteiger partial charge on any atom is -0.444 e. The number of aromatic nitrogens is 4. The molecule has 0 spiro atoms. The Balaban J connectivity index is 1.44. The van der Waals surface area contributed by atoms with Gasteiger partial charge in [-0.15, -0.1) is 28.5 Å². The second-order valence-corrected chi connectivity index (χ2v) is 18.0. The van der Waals surface area contributed by atoms with Crippen molar-refractivity contribution in [3.05, 3.63) is 36.9 Å². The van der Waals surface area contributed by atoms with E-state index in [-0.39, 0.29) is 19.4 Å². The summed E-state index contributed by atoms with van der Waals surface area (Å²) >= 11 is 1.60. The van der Waals surface area contributed by atoms with Crippen molar-refractivity contribution >= 4 is 45.6 Å². The van der Waals surface area contributed by atoms with Gasteiger partial charge in [0.05, 0.1) is 11.3 Å². The monoisotopic (exact) mass is 730 g/mol. The number of likely N-dealkylation sites (tertiary alicyclic amines) is 1. The average Bonchev–Trinajstić information content (AvgIpc) is 3.90. The van der Waals surface area contributed by atoms with Crippen molar-refractivity contribution in [3.63, 3.8) is 0 Å². The molecule has 50 heavy (non-hydrogen) atoms. The van der Waals surface area contributed by atoms with Crippen LogP contribution in [0.1, 0.15) is 73.3 Å². The molecule has 5 rings (SSSR count). The second kappa shape index (κ2) is 13.6. The maximum Gasteiger partial charge on any atom is 0.408 e. The van der Waals surface area contributed by atoms with E-state index in [1.807, 2.05) is 30.5 Å². The maximum atomic E-state index is 14.4. The van der Waals surface area contributed by atoms with Gasteiger partial charge in [0.2, 0.25) is 27.7 Å². The minimum atomic E-state index is -3.89. The third-order valence-corrected chi connectivity index (χ3v) is 11.6. The molecule has 5 atom stereocenters. The number of sulfonamides is 1. The SMILES string of the molecule is C=C[C@@H]1C[C@]1(NC(=O)[C@@H]1C[C@@H](n2nnc(-c3ccc(SC)cc3)n2)CN1C(=O)[C@@H](NC(=O)OC(C)(C)C)C(C)(C)C)C(=O)NS(=O)(=O)C1CC1. The molecule has 3 N–H and O–H groups in total. The minimum absolute atomic E-state index is 0.0130. The highest BCUT2D eigenvalue weighted by molar-refractivity contribution is 7.98. The van der Waals surface area contributed by atoms with Crippen molar-refractivity contribution in [1.29, 1.82) is 0 Å². The highest BCUT2D eigenvalue weighted by atomic mass is 32.2. The number of thioether (sulfide) groups is 1. The molecule has 2 aromatic rings. The predicted molar refractivity (Wildman–Crippen MR) is 186 cm³/mol. The first kappa shape index (κ1) is 37.3. The van der Waals surface area contributed by atoms with Crippen molar-refractivity contribution in [2.24, 2.45) is 11.3 Å². The Morgan fingerprint density at radius 2 is 1.76 bits per heavy atom.